The largest absolute Gasteiger partial charge is 0.208 e. The fourth-order valence-electron chi connectivity index (χ4n) is 9.30. The first-order chi connectivity index (χ1) is 23.6. The molecule has 0 unspecified atom stereocenters. The minimum atomic E-state index is 0.374. The minimum Gasteiger partial charge on any atom is -0.208 e. The van der Waals surface area contributed by atoms with Crippen LogP contribution in [0.2, 0.25) is 0 Å². The van der Waals surface area contributed by atoms with Crippen LogP contribution in [0.5, 0.6) is 0 Å². The van der Waals surface area contributed by atoms with Crippen LogP contribution >= 0.6 is 0 Å². The summed E-state index contributed by atoms with van der Waals surface area (Å²) in [6.45, 7) is 0. The molecule has 5 aromatic carbocycles. The molecule has 232 valence electrons. The van der Waals surface area contributed by atoms with Crippen LogP contribution in [0.15, 0.2) is 127 Å². The Morgan fingerprint density at radius 3 is 1.46 bits per heavy atom. The van der Waals surface area contributed by atoms with Gasteiger partial charge < -0.3 is 0 Å². The predicted octanol–water partition coefficient (Wildman–Crippen LogP) is 10.5. The van der Waals surface area contributed by atoms with Crippen molar-refractivity contribution in [2.75, 3.05) is 0 Å². The average molecular weight is 621 g/mol. The number of aromatic nitrogens is 3. The zero-order valence-corrected chi connectivity index (χ0v) is 26.9. The van der Waals surface area contributed by atoms with Crippen molar-refractivity contribution < 1.29 is 0 Å². The Morgan fingerprint density at radius 2 is 0.938 bits per heavy atom. The molecule has 4 aliphatic rings. The first kappa shape index (κ1) is 28.8. The Labute approximate surface area is 282 Å². The third-order valence-corrected chi connectivity index (χ3v) is 11.1. The van der Waals surface area contributed by atoms with Crippen LogP contribution in [0.3, 0.4) is 0 Å². The average Bonchev–Trinajstić information content (AvgIpc) is 3.15. The lowest BCUT2D eigenvalue weighted by molar-refractivity contribution is -0.00518. The summed E-state index contributed by atoms with van der Waals surface area (Å²) in [4.78, 5) is 14.9. The topological polar surface area (TPSA) is 62.5 Å². The lowest BCUT2D eigenvalue weighted by Gasteiger charge is -2.57. The summed E-state index contributed by atoms with van der Waals surface area (Å²) in [7, 11) is 0. The number of hydrogen-bond donors (Lipinski definition) is 0. The molecule has 10 rings (SSSR count). The molecule has 0 radical (unpaired) electrons. The first-order valence-corrected chi connectivity index (χ1v) is 17.3. The van der Waals surface area contributed by atoms with Gasteiger partial charge in [0.15, 0.2) is 17.5 Å². The van der Waals surface area contributed by atoms with Crippen molar-refractivity contribution in [1.82, 2.24) is 15.0 Å². The van der Waals surface area contributed by atoms with Gasteiger partial charge in [-0.15, -0.1) is 0 Å². The molecule has 4 fully saturated rings. The quantitative estimate of drug-likeness (QED) is 0.186. The molecule has 4 nitrogen and oxygen atoms in total. The summed E-state index contributed by atoms with van der Waals surface area (Å²) in [5.74, 6) is 4.68. The number of nitriles is 1. The summed E-state index contributed by atoms with van der Waals surface area (Å²) in [6.07, 6.45) is 8.47. The molecule has 0 atom stereocenters. The maximum atomic E-state index is 9.51. The Kier molecular flexibility index (Phi) is 7.01. The van der Waals surface area contributed by atoms with Gasteiger partial charge in [-0.2, -0.15) is 5.26 Å². The molecule has 0 saturated heterocycles. The van der Waals surface area contributed by atoms with Crippen molar-refractivity contribution in [2.24, 2.45) is 17.8 Å². The van der Waals surface area contributed by atoms with Crippen molar-refractivity contribution in [3.05, 3.63) is 139 Å². The van der Waals surface area contributed by atoms with Crippen molar-refractivity contribution in [3.8, 4) is 62.5 Å². The van der Waals surface area contributed by atoms with Crippen LogP contribution < -0.4 is 0 Å². The second-order valence-corrected chi connectivity index (χ2v) is 14.3. The molecule has 0 spiro atoms. The molecule has 4 saturated carbocycles. The van der Waals surface area contributed by atoms with Gasteiger partial charge in [-0.25, -0.2) is 15.0 Å². The highest BCUT2D eigenvalue weighted by molar-refractivity contribution is 5.87. The Bertz CT molecular complexity index is 2050. The maximum absolute atomic E-state index is 9.51. The van der Waals surface area contributed by atoms with Gasteiger partial charge in [0.05, 0.1) is 11.6 Å². The van der Waals surface area contributed by atoms with Gasteiger partial charge in [0.2, 0.25) is 0 Å². The second kappa shape index (κ2) is 11.7. The highest BCUT2D eigenvalue weighted by Gasteiger charge is 2.51. The second-order valence-electron chi connectivity index (χ2n) is 14.3. The van der Waals surface area contributed by atoms with Crippen molar-refractivity contribution in [2.45, 2.75) is 43.9 Å². The van der Waals surface area contributed by atoms with Crippen LogP contribution in [0.1, 0.15) is 49.7 Å². The van der Waals surface area contributed by atoms with Crippen LogP contribution in [0.25, 0.3) is 56.4 Å². The summed E-state index contributed by atoms with van der Waals surface area (Å²) < 4.78 is 0. The molecule has 1 heterocycles. The molecule has 0 aliphatic heterocycles. The van der Waals surface area contributed by atoms with Gasteiger partial charge in [-0.3, -0.25) is 0 Å². The van der Waals surface area contributed by atoms with E-state index in [0.29, 0.717) is 28.5 Å². The van der Waals surface area contributed by atoms with Gasteiger partial charge in [0.1, 0.15) is 0 Å². The molecular weight excluding hydrogens is 585 g/mol. The number of hydrogen-bond acceptors (Lipinski definition) is 4. The lowest BCUT2D eigenvalue weighted by Crippen LogP contribution is -2.48. The summed E-state index contributed by atoms with van der Waals surface area (Å²) in [5.41, 5.74) is 9.85. The molecule has 1 aromatic heterocycles. The highest BCUT2D eigenvalue weighted by atomic mass is 15.0. The molecular formula is C44H36N4. The zero-order chi connectivity index (χ0) is 32.1. The standard InChI is InChI=1S/C44H36N4/c45-28-29-11-13-34(14-12-29)40-24-37(43-47-41(35-7-3-1-4-8-35)46-42(48-43)36-9-5-2-6-10-36)17-20-39(40)33-15-18-38(19-16-33)44-25-30-21-31(26-44)23-32(22-30)27-44/h1-20,24,30-32H,21-23,25-27H2/t30-,31-,32-,44?. The summed E-state index contributed by atoms with van der Waals surface area (Å²) in [6, 6.07) is 46.4. The number of benzene rings is 5. The minimum absolute atomic E-state index is 0.374. The fourth-order valence-corrected chi connectivity index (χ4v) is 9.30. The smallest absolute Gasteiger partial charge is 0.164 e. The van der Waals surface area contributed by atoms with E-state index in [1.165, 1.54) is 49.7 Å². The summed E-state index contributed by atoms with van der Waals surface area (Å²) >= 11 is 0. The van der Waals surface area contributed by atoms with E-state index in [0.717, 1.165) is 51.1 Å². The third-order valence-electron chi connectivity index (χ3n) is 11.1. The van der Waals surface area contributed by atoms with E-state index >= 15 is 0 Å². The van der Waals surface area contributed by atoms with Crippen LogP contribution in [0.4, 0.5) is 0 Å². The van der Waals surface area contributed by atoms with E-state index in [-0.39, 0.29) is 0 Å². The fraction of sp³-hybridized carbons (Fsp3) is 0.227. The van der Waals surface area contributed by atoms with Gasteiger partial charge >= 0.3 is 0 Å². The summed E-state index contributed by atoms with van der Waals surface area (Å²) in [5, 5.41) is 9.51. The van der Waals surface area contributed by atoms with Gasteiger partial charge in [0.25, 0.3) is 0 Å². The monoisotopic (exact) mass is 620 g/mol. The van der Waals surface area contributed by atoms with E-state index < -0.39 is 0 Å². The van der Waals surface area contributed by atoms with E-state index in [2.05, 4.69) is 48.5 Å². The molecule has 4 bridgehead atoms. The van der Waals surface area contributed by atoms with Crippen molar-refractivity contribution in [1.29, 1.82) is 5.26 Å². The molecule has 4 heteroatoms. The van der Waals surface area contributed by atoms with E-state index in [4.69, 9.17) is 15.0 Å². The van der Waals surface area contributed by atoms with Crippen LogP contribution in [-0.2, 0) is 5.41 Å². The number of rotatable bonds is 6. The van der Waals surface area contributed by atoms with Crippen LogP contribution in [0, 0.1) is 29.1 Å². The lowest BCUT2D eigenvalue weighted by atomic mass is 9.48. The third kappa shape index (κ3) is 5.20. The normalized spacial score (nSPS) is 22.4. The van der Waals surface area contributed by atoms with E-state index in [1.54, 1.807) is 0 Å². The van der Waals surface area contributed by atoms with Crippen molar-refractivity contribution >= 4 is 0 Å². The Morgan fingerprint density at radius 1 is 0.479 bits per heavy atom. The molecule has 0 amide bonds. The van der Waals surface area contributed by atoms with E-state index in [1.807, 2.05) is 84.9 Å². The first-order valence-electron chi connectivity index (χ1n) is 17.3. The molecule has 4 aliphatic carbocycles. The van der Waals surface area contributed by atoms with Gasteiger partial charge in [-0.05, 0) is 108 Å². The van der Waals surface area contributed by atoms with E-state index in [9.17, 15) is 5.26 Å². The Hall–Kier alpha value is -5.40. The SMILES string of the molecule is N#Cc1ccc(-c2cc(-c3nc(-c4ccccc4)nc(-c4ccccc4)n3)ccc2-c2ccc(C34C[C@H]5C[C@H](C3)C[C@@H](C4)C5)cc2)cc1. The zero-order valence-electron chi connectivity index (χ0n) is 26.9. The molecule has 48 heavy (non-hydrogen) atoms. The molecule has 6 aromatic rings. The maximum Gasteiger partial charge on any atom is 0.164 e. The van der Waals surface area contributed by atoms with Crippen molar-refractivity contribution in [3.63, 3.8) is 0 Å². The highest BCUT2D eigenvalue weighted by Crippen LogP contribution is 2.60. The predicted molar refractivity (Wildman–Crippen MR) is 192 cm³/mol. The Balaban J connectivity index is 1.15. The van der Waals surface area contributed by atoms with Gasteiger partial charge in [-0.1, -0.05) is 109 Å². The van der Waals surface area contributed by atoms with Gasteiger partial charge in [0, 0.05) is 16.7 Å². The number of nitrogens with zero attached hydrogens (tertiary/aromatic N) is 4. The van der Waals surface area contributed by atoms with Crippen LogP contribution in [-0.4, -0.2) is 15.0 Å². The molecule has 0 N–H and O–H groups in total.